The molecule has 2 rings (SSSR count). The monoisotopic (exact) mass is 531 g/mol. The molecule has 2 aromatic carbocycles. The second kappa shape index (κ2) is 12.6. The molecule has 4 nitrogen and oxygen atoms in total. The Morgan fingerprint density at radius 1 is 1.03 bits per heavy atom. The summed E-state index contributed by atoms with van der Waals surface area (Å²) in [5.41, 5.74) is 1.10. The van der Waals surface area contributed by atoms with Crippen LogP contribution in [0, 0.1) is 0 Å². The van der Waals surface area contributed by atoms with Gasteiger partial charge in [-0.1, -0.05) is 30.7 Å². The van der Waals surface area contributed by atoms with Gasteiger partial charge in [-0.05, 0) is 54.3 Å². The van der Waals surface area contributed by atoms with Crippen LogP contribution in [0.3, 0.4) is 0 Å². The van der Waals surface area contributed by atoms with Crippen molar-refractivity contribution >= 4 is 11.6 Å². The molecule has 0 saturated carbocycles. The molecule has 0 aromatic heterocycles. The van der Waals surface area contributed by atoms with Crippen LogP contribution in [0.15, 0.2) is 42.5 Å². The van der Waals surface area contributed by atoms with Crippen LogP contribution < -0.4 is 9.47 Å². The summed E-state index contributed by atoms with van der Waals surface area (Å²) in [6.45, 7) is 1.14. The van der Waals surface area contributed by atoms with Gasteiger partial charge in [-0.15, -0.1) is 0 Å². The molecule has 196 valence electrons. The lowest BCUT2D eigenvalue weighted by atomic mass is 10.1. The zero-order valence-corrected chi connectivity index (χ0v) is 19.4. The van der Waals surface area contributed by atoms with Gasteiger partial charge >= 0.3 is 18.7 Å². The molecule has 1 N–H and O–H groups in total. The molecule has 0 aliphatic heterocycles. The number of nitrogens with zero attached hydrogens (tertiary/aromatic N) is 1. The van der Waals surface area contributed by atoms with Crippen LogP contribution in [0.5, 0.6) is 11.5 Å². The second-order valence-electron chi connectivity index (χ2n) is 7.71. The summed E-state index contributed by atoms with van der Waals surface area (Å²) < 4.78 is 99.5. The minimum Gasteiger partial charge on any atom is -0.494 e. The van der Waals surface area contributed by atoms with E-state index in [2.05, 4.69) is 4.74 Å². The van der Waals surface area contributed by atoms with Crippen LogP contribution in [0.2, 0.25) is 5.02 Å². The first-order valence-electron chi connectivity index (χ1n) is 10.6. The lowest BCUT2D eigenvalue weighted by Crippen LogP contribution is -2.41. The molecule has 1 atom stereocenters. The van der Waals surface area contributed by atoms with Gasteiger partial charge in [0.15, 0.2) is 6.10 Å². The minimum absolute atomic E-state index is 0.0552. The lowest BCUT2D eigenvalue weighted by Gasteiger charge is -2.26. The van der Waals surface area contributed by atoms with Gasteiger partial charge < -0.3 is 14.6 Å². The van der Waals surface area contributed by atoms with Crippen LogP contribution in [-0.4, -0.2) is 54.5 Å². The van der Waals surface area contributed by atoms with Crippen molar-refractivity contribution < 1.29 is 45.3 Å². The number of rotatable bonds is 13. The van der Waals surface area contributed by atoms with E-state index in [1.807, 2.05) is 6.92 Å². The quantitative estimate of drug-likeness (QED) is 0.242. The molecule has 0 saturated heterocycles. The number of ether oxygens (including phenoxy) is 2. The topological polar surface area (TPSA) is 41.9 Å². The molecular weight excluding hydrogens is 507 g/mol. The summed E-state index contributed by atoms with van der Waals surface area (Å²) >= 11 is 6.06. The van der Waals surface area contributed by atoms with Crippen LogP contribution in [0.25, 0.3) is 0 Å². The van der Waals surface area contributed by atoms with E-state index in [0.717, 1.165) is 17.7 Å². The summed E-state index contributed by atoms with van der Waals surface area (Å²) in [5.74, 6) is -0.0279. The van der Waals surface area contributed by atoms with E-state index in [1.165, 1.54) is 17.0 Å². The van der Waals surface area contributed by atoms with Crippen molar-refractivity contribution in [2.45, 2.75) is 51.1 Å². The molecule has 0 spiro atoms. The Morgan fingerprint density at radius 3 is 2.37 bits per heavy atom. The van der Waals surface area contributed by atoms with Crippen molar-refractivity contribution in [3.05, 3.63) is 58.6 Å². The first-order chi connectivity index (χ1) is 16.3. The standard InChI is InChI=1S/C23H25ClF7NO3/c1-2-16-12-17(7-8-19(16)24)34-10-4-9-32(14-20(33)22(27,28)29)13-15-5-3-6-18(11-15)35-23(30,31)21(25)26/h3,5-8,11-12,20-21,33H,2,4,9-10,13-14H2,1H3. The Kier molecular flexibility index (Phi) is 10.5. The van der Waals surface area contributed by atoms with Crippen molar-refractivity contribution in [1.29, 1.82) is 0 Å². The molecule has 0 aliphatic carbocycles. The number of aryl methyl sites for hydroxylation is 1. The van der Waals surface area contributed by atoms with Gasteiger partial charge in [-0.2, -0.15) is 30.7 Å². The highest BCUT2D eigenvalue weighted by molar-refractivity contribution is 6.31. The van der Waals surface area contributed by atoms with Gasteiger partial charge in [0.25, 0.3) is 0 Å². The van der Waals surface area contributed by atoms with Crippen molar-refractivity contribution in [3.8, 4) is 11.5 Å². The number of hydrogen-bond donors (Lipinski definition) is 1. The van der Waals surface area contributed by atoms with E-state index < -0.39 is 37.1 Å². The maximum Gasteiger partial charge on any atom is 0.461 e. The number of aliphatic hydroxyl groups excluding tert-OH is 1. The van der Waals surface area contributed by atoms with Crippen LogP contribution in [0.4, 0.5) is 30.7 Å². The van der Waals surface area contributed by atoms with Gasteiger partial charge in [-0.25, -0.2) is 0 Å². The third-order valence-electron chi connectivity index (χ3n) is 4.91. The van der Waals surface area contributed by atoms with Gasteiger partial charge in [0.1, 0.15) is 11.5 Å². The maximum absolute atomic E-state index is 13.2. The Bertz CT molecular complexity index is 944. The predicted octanol–water partition coefficient (Wildman–Crippen LogP) is 6.33. The van der Waals surface area contributed by atoms with E-state index in [0.29, 0.717) is 17.2 Å². The second-order valence-corrected chi connectivity index (χ2v) is 8.12. The summed E-state index contributed by atoms with van der Waals surface area (Å²) in [6.07, 6.45) is -15.3. The van der Waals surface area contributed by atoms with Gasteiger partial charge in [0.2, 0.25) is 0 Å². The Labute approximate surface area is 203 Å². The molecular formula is C23H25ClF7NO3. The van der Waals surface area contributed by atoms with Crippen molar-refractivity contribution in [2.24, 2.45) is 0 Å². The Morgan fingerprint density at radius 2 is 1.74 bits per heavy atom. The summed E-state index contributed by atoms with van der Waals surface area (Å²) in [7, 11) is 0. The van der Waals surface area contributed by atoms with Crippen LogP contribution in [-0.2, 0) is 13.0 Å². The molecule has 0 fully saturated rings. The van der Waals surface area contributed by atoms with E-state index in [1.54, 1.807) is 18.2 Å². The third-order valence-corrected chi connectivity index (χ3v) is 5.28. The molecule has 12 heteroatoms. The number of aliphatic hydroxyl groups is 1. The van der Waals surface area contributed by atoms with E-state index in [-0.39, 0.29) is 31.7 Å². The zero-order valence-electron chi connectivity index (χ0n) is 18.7. The first kappa shape index (κ1) is 29.0. The Hall–Kier alpha value is -2.24. The molecule has 1 unspecified atom stereocenters. The molecule has 0 bridgehead atoms. The van der Waals surface area contributed by atoms with E-state index in [9.17, 15) is 35.8 Å². The van der Waals surface area contributed by atoms with Crippen molar-refractivity contribution in [1.82, 2.24) is 4.90 Å². The highest BCUT2D eigenvalue weighted by atomic mass is 35.5. The van der Waals surface area contributed by atoms with E-state index >= 15 is 0 Å². The average molecular weight is 532 g/mol. The SMILES string of the molecule is CCc1cc(OCCCN(Cc2cccc(OC(F)(F)C(F)F)c2)CC(O)C(F)(F)F)ccc1Cl. The molecule has 2 aromatic rings. The fourth-order valence-electron chi connectivity index (χ4n) is 3.14. The summed E-state index contributed by atoms with van der Waals surface area (Å²) in [5, 5.41) is 10.1. The highest BCUT2D eigenvalue weighted by Gasteiger charge is 2.44. The molecule has 0 amide bonds. The number of alkyl halides is 7. The minimum atomic E-state index is -4.86. The van der Waals surface area contributed by atoms with Crippen molar-refractivity contribution in [3.63, 3.8) is 0 Å². The lowest BCUT2D eigenvalue weighted by molar-refractivity contribution is -0.253. The highest BCUT2D eigenvalue weighted by Crippen LogP contribution is 2.28. The van der Waals surface area contributed by atoms with Gasteiger partial charge in [0.05, 0.1) is 6.61 Å². The third kappa shape index (κ3) is 9.38. The van der Waals surface area contributed by atoms with E-state index in [4.69, 9.17) is 16.3 Å². The normalized spacial score (nSPS) is 13.4. The number of hydrogen-bond acceptors (Lipinski definition) is 4. The molecule has 35 heavy (non-hydrogen) atoms. The smallest absolute Gasteiger partial charge is 0.461 e. The van der Waals surface area contributed by atoms with Gasteiger partial charge in [-0.3, -0.25) is 4.90 Å². The summed E-state index contributed by atoms with van der Waals surface area (Å²) in [4.78, 5) is 1.26. The fraction of sp³-hybridized carbons (Fsp3) is 0.478. The van der Waals surface area contributed by atoms with Gasteiger partial charge in [0, 0.05) is 24.7 Å². The molecule has 0 heterocycles. The average Bonchev–Trinajstić information content (AvgIpc) is 2.76. The maximum atomic E-state index is 13.2. The fourth-order valence-corrected chi connectivity index (χ4v) is 3.39. The molecule has 0 aliphatic rings. The largest absolute Gasteiger partial charge is 0.494 e. The van der Waals surface area contributed by atoms with Crippen LogP contribution >= 0.6 is 11.6 Å². The summed E-state index contributed by atoms with van der Waals surface area (Å²) in [6, 6.07) is 9.81. The number of halogens is 8. The first-order valence-corrected chi connectivity index (χ1v) is 11.0. The van der Waals surface area contributed by atoms with Crippen LogP contribution in [0.1, 0.15) is 24.5 Å². The predicted molar refractivity (Wildman–Crippen MR) is 116 cm³/mol. The molecule has 0 radical (unpaired) electrons. The Balaban J connectivity index is 2.04. The zero-order chi connectivity index (χ0) is 26.2. The van der Waals surface area contributed by atoms with Crippen molar-refractivity contribution in [2.75, 3.05) is 19.7 Å². The number of benzene rings is 2.